The molecule has 0 saturated carbocycles. The van der Waals surface area contributed by atoms with Crippen LogP contribution in [-0.2, 0) is 22.4 Å². The lowest BCUT2D eigenvalue weighted by atomic mass is 10.1. The van der Waals surface area contributed by atoms with E-state index in [0.717, 1.165) is 32.1 Å². The van der Waals surface area contributed by atoms with Crippen LogP contribution < -0.4 is 11.5 Å². The Kier molecular flexibility index (Phi) is 8.82. The van der Waals surface area contributed by atoms with Crippen molar-refractivity contribution in [3.05, 3.63) is 21.4 Å². The molecule has 1 heterocycles. The number of aryl methyl sites for hydroxylation is 3. The number of primary amides is 2. The Morgan fingerprint density at radius 2 is 1.50 bits per heavy atom. The highest BCUT2D eigenvalue weighted by atomic mass is 32.1. The van der Waals surface area contributed by atoms with Crippen molar-refractivity contribution >= 4 is 23.2 Å². The van der Waals surface area contributed by atoms with Gasteiger partial charge in [-0.05, 0) is 50.7 Å². The second-order valence-electron chi connectivity index (χ2n) is 5.87. The van der Waals surface area contributed by atoms with Crippen LogP contribution in [0.5, 0.6) is 0 Å². The van der Waals surface area contributed by atoms with E-state index in [-0.39, 0.29) is 11.8 Å². The summed E-state index contributed by atoms with van der Waals surface area (Å²) in [5.74, 6) is -0.414. The monoisotopic (exact) mass is 324 g/mol. The molecule has 0 saturated heterocycles. The van der Waals surface area contributed by atoms with Crippen LogP contribution in [0.4, 0.5) is 0 Å². The van der Waals surface area contributed by atoms with Crippen LogP contribution in [0.3, 0.4) is 0 Å². The molecule has 0 unspecified atom stereocenters. The van der Waals surface area contributed by atoms with Crippen molar-refractivity contribution in [2.45, 2.75) is 71.1 Å². The maximum atomic E-state index is 10.7. The molecule has 0 bridgehead atoms. The van der Waals surface area contributed by atoms with Crippen molar-refractivity contribution in [2.24, 2.45) is 11.5 Å². The molecule has 1 aromatic heterocycles. The van der Waals surface area contributed by atoms with E-state index in [0.29, 0.717) is 12.8 Å². The van der Waals surface area contributed by atoms with E-state index in [1.165, 1.54) is 34.6 Å². The summed E-state index contributed by atoms with van der Waals surface area (Å²) in [5.41, 5.74) is 11.6. The van der Waals surface area contributed by atoms with Gasteiger partial charge in [-0.15, -0.1) is 11.3 Å². The van der Waals surface area contributed by atoms with Gasteiger partial charge in [0.05, 0.1) is 0 Å². The molecule has 0 aliphatic rings. The Morgan fingerprint density at radius 1 is 0.909 bits per heavy atom. The highest BCUT2D eigenvalue weighted by Gasteiger charge is 2.06. The summed E-state index contributed by atoms with van der Waals surface area (Å²) in [5, 5.41) is 0. The van der Waals surface area contributed by atoms with Crippen molar-refractivity contribution in [3.8, 4) is 0 Å². The molecule has 4 N–H and O–H groups in total. The predicted molar refractivity (Wildman–Crippen MR) is 91.8 cm³/mol. The Morgan fingerprint density at radius 3 is 2.18 bits per heavy atom. The minimum atomic E-state index is -0.218. The van der Waals surface area contributed by atoms with Gasteiger partial charge in [0.2, 0.25) is 11.8 Å². The predicted octanol–water partition coefficient (Wildman–Crippen LogP) is 3.23. The van der Waals surface area contributed by atoms with E-state index < -0.39 is 0 Å². The van der Waals surface area contributed by atoms with E-state index in [4.69, 9.17) is 11.5 Å². The molecular formula is C17H28N2O2S. The minimum absolute atomic E-state index is 0.196. The lowest BCUT2D eigenvalue weighted by Crippen LogP contribution is -2.09. The van der Waals surface area contributed by atoms with Gasteiger partial charge in [0, 0.05) is 22.6 Å². The van der Waals surface area contributed by atoms with E-state index in [9.17, 15) is 9.59 Å². The molecule has 124 valence electrons. The number of rotatable bonds is 12. The molecular weight excluding hydrogens is 296 g/mol. The summed E-state index contributed by atoms with van der Waals surface area (Å²) in [4.78, 5) is 24.2. The molecule has 0 fully saturated rings. The fraction of sp³-hybridized carbons (Fsp3) is 0.647. The molecule has 0 aliphatic heterocycles. The number of hydrogen-bond donors (Lipinski definition) is 2. The zero-order chi connectivity index (χ0) is 16.4. The smallest absolute Gasteiger partial charge is 0.217 e. The van der Waals surface area contributed by atoms with Crippen LogP contribution in [0.2, 0.25) is 0 Å². The van der Waals surface area contributed by atoms with E-state index in [1.807, 2.05) is 11.3 Å². The Bertz CT molecular complexity index is 483. The van der Waals surface area contributed by atoms with Crippen LogP contribution >= 0.6 is 11.3 Å². The number of amides is 2. The van der Waals surface area contributed by atoms with Gasteiger partial charge in [-0.3, -0.25) is 9.59 Å². The minimum Gasteiger partial charge on any atom is -0.370 e. The summed E-state index contributed by atoms with van der Waals surface area (Å²) in [6.45, 7) is 2.16. The fourth-order valence-corrected chi connectivity index (χ4v) is 3.78. The molecule has 1 aromatic rings. The van der Waals surface area contributed by atoms with Crippen molar-refractivity contribution in [1.29, 1.82) is 0 Å². The van der Waals surface area contributed by atoms with Gasteiger partial charge < -0.3 is 11.5 Å². The van der Waals surface area contributed by atoms with Crippen molar-refractivity contribution < 1.29 is 9.59 Å². The largest absolute Gasteiger partial charge is 0.370 e. The summed E-state index contributed by atoms with van der Waals surface area (Å²) in [6.07, 6.45) is 9.46. The van der Waals surface area contributed by atoms with Gasteiger partial charge in [0.1, 0.15) is 0 Å². The van der Waals surface area contributed by atoms with E-state index in [1.54, 1.807) is 0 Å². The first-order valence-corrected chi connectivity index (χ1v) is 8.95. The molecule has 5 heteroatoms. The fourth-order valence-electron chi connectivity index (χ4n) is 2.51. The zero-order valence-electron chi connectivity index (χ0n) is 13.5. The highest BCUT2D eigenvalue weighted by molar-refractivity contribution is 7.12. The summed E-state index contributed by atoms with van der Waals surface area (Å²) >= 11 is 1.87. The Hall–Kier alpha value is -1.36. The van der Waals surface area contributed by atoms with E-state index in [2.05, 4.69) is 13.0 Å². The van der Waals surface area contributed by atoms with Crippen LogP contribution in [0, 0.1) is 6.92 Å². The molecule has 0 aliphatic carbocycles. The summed E-state index contributed by atoms with van der Waals surface area (Å²) in [7, 11) is 0. The third-order valence-corrected chi connectivity index (χ3v) is 5.10. The lowest BCUT2D eigenvalue weighted by molar-refractivity contribution is -0.119. The van der Waals surface area contributed by atoms with Gasteiger partial charge in [-0.2, -0.15) is 0 Å². The molecule has 4 nitrogen and oxygen atoms in total. The topological polar surface area (TPSA) is 86.2 Å². The van der Waals surface area contributed by atoms with Gasteiger partial charge in [0.15, 0.2) is 0 Å². The number of hydrogen-bond acceptors (Lipinski definition) is 3. The first-order chi connectivity index (χ1) is 10.5. The standard InChI is InChI=1S/C17H28N2O2S/c1-13-12-14(8-7-11-17(19)21)22-15(13)9-5-3-2-4-6-10-16(18)20/h12H,2-11H2,1H3,(H2,18,20)(H2,19,21). The second kappa shape index (κ2) is 10.4. The average Bonchev–Trinajstić information content (AvgIpc) is 2.77. The maximum Gasteiger partial charge on any atom is 0.217 e. The lowest BCUT2D eigenvalue weighted by Gasteiger charge is -2.01. The number of nitrogens with two attached hydrogens (primary N) is 2. The van der Waals surface area contributed by atoms with Crippen molar-refractivity contribution in [1.82, 2.24) is 0 Å². The quantitative estimate of drug-likeness (QED) is 0.578. The molecule has 0 spiro atoms. The molecule has 0 atom stereocenters. The SMILES string of the molecule is Cc1cc(CCCC(N)=O)sc1CCCCCCCC(N)=O. The highest BCUT2D eigenvalue weighted by Crippen LogP contribution is 2.25. The number of thiophene rings is 1. The number of unbranched alkanes of at least 4 members (excludes halogenated alkanes) is 4. The first kappa shape index (κ1) is 18.7. The summed E-state index contributed by atoms with van der Waals surface area (Å²) < 4.78 is 0. The second-order valence-corrected chi connectivity index (χ2v) is 7.09. The van der Waals surface area contributed by atoms with Gasteiger partial charge in [0.25, 0.3) is 0 Å². The average molecular weight is 324 g/mol. The molecule has 22 heavy (non-hydrogen) atoms. The van der Waals surface area contributed by atoms with Crippen LogP contribution in [0.15, 0.2) is 6.07 Å². The normalized spacial score (nSPS) is 10.8. The maximum absolute atomic E-state index is 10.7. The molecule has 2 amide bonds. The zero-order valence-corrected chi connectivity index (χ0v) is 14.3. The summed E-state index contributed by atoms with van der Waals surface area (Å²) in [6, 6.07) is 2.24. The molecule has 0 aromatic carbocycles. The number of carbonyl (C=O) groups is 2. The molecule has 1 rings (SSSR count). The molecule has 0 radical (unpaired) electrons. The third kappa shape index (κ3) is 8.17. The first-order valence-electron chi connectivity index (χ1n) is 8.14. The van der Waals surface area contributed by atoms with Crippen molar-refractivity contribution in [3.63, 3.8) is 0 Å². The number of carbonyl (C=O) groups excluding carboxylic acids is 2. The van der Waals surface area contributed by atoms with Crippen molar-refractivity contribution in [2.75, 3.05) is 0 Å². The van der Waals surface area contributed by atoms with Crippen LogP contribution in [0.1, 0.15) is 66.7 Å². The van der Waals surface area contributed by atoms with E-state index >= 15 is 0 Å². The van der Waals surface area contributed by atoms with Gasteiger partial charge >= 0.3 is 0 Å². The third-order valence-electron chi connectivity index (χ3n) is 3.74. The Labute approximate surface area is 137 Å². The van der Waals surface area contributed by atoms with Crippen LogP contribution in [0.25, 0.3) is 0 Å². The van der Waals surface area contributed by atoms with Gasteiger partial charge in [-0.1, -0.05) is 19.3 Å². The van der Waals surface area contributed by atoms with Crippen LogP contribution in [-0.4, -0.2) is 11.8 Å². The Balaban J connectivity index is 2.18. The van der Waals surface area contributed by atoms with Gasteiger partial charge in [-0.25, -0.2) is 0 Å².